The molecule has 2 rings (SSSR count). The van der Waals surface area contributed by atoms with Crippen LogP contribution in [0.25, 0.3) is 0 Å². The predicted molar refractivity (Wildman–Crippen MR) is 78.0 cm³/mol. The van der Waals surface area contributed by atoms with E-state index < -0.39 is 5.97 Å². The van der Waals surface area contributed by atoms with Crippen LogP contribution in [0.5, 0.6) is 0 Å². The molecule has 1 amide bonds. The second-order valence-corrected chi connectivity index (χ2v) is 5.57. The van der Waals surface area contributed by atoms with Crippen LogP contribution in [0.1, 0.15) is 54.4 Å². The third-order valence-electron chi connectivity index (χ3n) is 4.01. The van der Waals surface area contributed by atoms with Crippen molar-refractivity contribution < 1.29 is 14.7 Å². The van der Waals surface area contributed by atoms with Crippen molar-refractivity contribution in [1.82, 2.24) is 0 Å². The van der Waals surface area contributed by atoms with Crippen LogP contribution in [0.4, 0.5) is 5.69 Å². The maximum Gasteiger partial charge on any atom is 0.335 e. The Morgan fingerprint density at radius 1 is 1.30 bits per heavy atom. The lowest BCUT2D eigenvalue weighted by Gasteiger charge is -2.11. The molecular formula is C16H21NO3. The quantitative estimate of drug-likeness (QED) is 0.862. The van der Waals surface area contributed by atoms with Gasteiger partial charge in [-0.2, -0.15) is 0 Å². The van der Waals surface area contributed by atoms with Gasteiger partial charge in [0, 0.05) is 12.1 Å². The van der Waals surface area contributed by atoms with Crippen molar-refractivity contribution in [1.29, 1.82) is 0 Å². The van der Waals surface area contributed by atoms with Gasteiger partial charge in [-0.05, 0) is 37.0 Å². The normalized spacial score (nSPS) is 15.2. The molecule has 0 radical (unpaired) electrons. The molecule has 1 aromatic carbocycles. The molecule has 1 fully saturated rings. The van der Waals surface area contributed by atoms with Crippen LogP contribution in [-0.2, 0) is 4.79 Å². The summed E-state index contributed by atoms with van der Waals surface area (Å²) in [5, 5.41) is 11.8. The van der Waals surface area contributed by atoms with Gasteiger partial charge in [-0.3, -0.25) is 4.79 Å². The SMILES string of the molecule is Cc1ccc(C(=O)O)cc1NC(=O)CCC1CCCC1. The molecule has 0 atom stereocenters. The number of nitrogens with one attached hydrogen (secondary N) is 1. The number of aryl methyl sites for hydroxylation is 1. The van der Waals surface area contributed by atoms with E-state index in [1.54, 1.807) is 12.1 Å². The van der Waals surface area contributed by atoms with Gasteiger partial charge in [0.25, 0.3) is 0 Å². The Hall–Kier alpha value is -1.84. The number of carboxylic acids is 1. The molecule has 1 aliphatic carbocycles. The number of carboxylic acid groups (broad SMARTS) is 1. The van der Waals surface area contributed by atoms with E-state index >= 15 is 0 Å². The first-order chi connectivity index (χ1) is 9.56. The van der Waals surface area contributed by atoms with E-state index in [-0.39, 0.29) is 11.5 Å². The van der Waals surface area contributed by atoms with Gasteiger partial charge in [-0.1, -0.05) is 31.7 Å². The maximum atomic E-state index is 11.9. The van der Waals surface area contributed by atoms with Gasteiger partial charge in [0.2, 0.25) is 5.91 Å². The molecule has 0 saturated heterocycles. The first kappa shape index (κ1) is 14.6. The van der Waals surface area contributed by atoms with Gasteiger partial charge in [0.1, 0.15) is 0 Å². The molecular weight excluding hydrogens is 254 g/mol. The second-order valence-electron chi connectivity index (χ2n) is 5.57. The monoisotopic (exact) mass is 275 g/mol. The summed E-state index contributed by atoms with van der Waals surface area (Å²) in [5.41, 5.74) is 1.67. The van der Waals surface area contributed by atoms with Crippen LogP contribution in [0, 0.1) is 12.8 Å². The minimum atomic E-state index is -0.980. The fourth-order valence-electron chi connectivity index (χ4n) is 2.74. The van der Waals surface area contributed by atoms with E-state index in [4.69, 9.17) is 5.11 Å². The molecule has 4 nitrogen and oxygen atoms in total. The van der Waals surface area contributed by atoms with Gasteiger partial charge in [0.05, 0.1) is 5.56 Å². The highest BCUT2D eigenvalue weighted by Crippen LogP contribution is 2.28. The zero-order chi connectivity index (χ0) is 14.5. The van der Waals surface area contributed by atoms with E-state index in [2.05, 4.69) is 5.32 Å². The Kier molecular flexibility index (Phi) is 4.77. The number of hydrogen-bond acceptors (Lipinski definition) is 2. The van der Waals surface area contributed by atoms with Gasteiger partial charge in [-0.25, -0.2) is 4.79 Å². The molecule has 0 bridgehead atoms. The van der Waals surface area contributed by atoms with Gasteiger partial charge >= 0.3 is 5.97 Å². The number of aromatic carboxylic acids is 1. The molecule has 1 saturated carbocycles. The predicted octanol–water partition coefficient (Wildman–Crippen LogP) is 3.60. The fraction of sp³-hybridized carbons (Fsp3) is 0.500. The van der Waals surface area contributed by atoms with Crippen molar-refractivity contribution in [3.8, 4) is 0 Å². The molecule has 0 aromatic heterocycles. The van der Waals surface area contributed by atoms with Crippen LogP contribution >= 0.6 is 0 Å². The number of amides is 1. The zero-order valence-electron chi connectivity index (χ0n) is 11.8. The van der Waals surface area contributed by atoms with Gasteiger partial charge in [0.15, 0.2) is 0 Å². The van der Waals surface area contributed by atoms with Crippen LogP contribution in [0.2, 0.25) is 0 Å². The van der Waals surface area contributed by atoms with Crippen LogP contribution < -0.4 is 5.32 Å². The molecule has 2 N–H and O–H groups in total. The fourth-order valence-corrected chi connectivity index (χ4v) is 2.74. The lowest BCUT2D eigenvalue weighted by Crippen LogP contribution is -2.14. The summed E-state index contributed by atoms with van der Waals surface area (Å²) < 4.78 is 0. The lowest BCUT2D eigenvalue weighted by atomic mass is 10.0. The molecule has 0 heterocycles. The third kappa shape index (κ3) is 3.83. The minimum absolute atomic E-state index is 0.0254. The highest BCUT2D eigenvalue weighted by molar-refractivity contribution is 5.94. The summed E-state index contributed by atoms with van der Waals surface area (Å²) in [4.78, 5) is 22.9. The average Bonchev–Trinajstić information content (AvgIpc) is 2.92. The standard InChI is InChI=1S/C16H21NO3/c1-11-6-8-13(16(19)20)10-14(11)17-15(18)9-7-12-4-2-3-5-12/h6,8,10,12H,2-5,7,9H2,1H3,(H,17,18)(H,19,20). The van der Waals surface area contributed by atoms with E-state index in [1.807, 2.05) is 6.92 Å². The number of benzene rings is 1. The zero-order valence-corrected chi connectivity index (χ0v) is 11.8. The third-order valence-corrected chi connectivity index (χ3v) is 4.01. The first-order valence-electron chi connectivity index (χ1n) is 7.20. The van der Waals surface area contributed by atoms with E-state index in [0.717, 1.165) is 12.0 Å². The highest BCUT2D eigenvalue weighted by atomic mass is 16.4. The Labute approximate surface area is 119 Å². The minimum Gasteiger partial charge on any atom is -0.478 e. The Morgan fingerprint density at radius 2 is 2.00 bits per heavy atom. The lowest BCUT2D eigenvalue weighted by molar-refractivity contribution is -0.116. The Morgan fingerprint density at radius 3 is 2.65 bits per heavy atom. The van der Waals surface area contributed by atoms with Crippen molar-refractivity contribution in [2.45, 2.75) is 45.4 Å². The highest BCUT2D eigenvalue weighted by Gasteiger charge is 2.16. The number of carbonyl (C=O) groups excluding carboxylic acids is 1. The van der Waals surface area contributed by atoms with Crippen LogP contribution in [-0.4, -0.2) is 17.0 Å². The molecule has 0 spiro atoms. The Balaban J connectivity index is 1.92. The number of carbonyl (C=O) groups is 2. The molecule has 1 aromatic rings. The number of hydrogen-bond donors (Lipinski definition) is 2. The van der Waals surface area contributed by atoms with Crippen molar-refractivity contribution >= 4 is 17.6 Å². The van der Waals surface area contributed by atoms with Crippen molar-refractivity contribution in [2.75, 3.05) is 5.32 Å². The number of anilines is 1. The summed E-state index contributed by atoms with van der Waals surface area (Å²) in [5.74, 6) is -0.318. The first-order valence-corrected chi connectivity index (χ1v) is 7.20. The summed E-state index contributed by atoms with van der Waals surface area (Å²) in [7, 11) is 0. The summed E-state index contributed by atoms with van der Waals surface area (Å²) in [6.07, 6.45) is 6.49. The van der Waals surface area contributed by atoms with Crippen LogP contribution in [0.3, 0.4) is 0 Å². The number of rotatable bonds is 5. The van der Waals surface area contributed by atoms with Crippen molar-refractivity contribution in [3.05, 3.63) is 29.3 Å². The van der Waals surface area contributed by atoms with E-state index in [0.29, 0.717) is 18.0 Å². The molecule has 20 heavy (non-hydrogen) atoms. The molecule has 0 aliphatic heterocycles. The van der Waals surface area contributed by atoms with E-state index in [1.165, 1.54) is 31.7 Å². The van der Waals surface area contributed by atoms with Crippen molar-refractivity contribution in [3.63, 3.8) is 0 Å². The second kappa shape index (κ2) is 6.55. The van der Waals surface area contributed by atoms with Gasteiger partial charge < -0.3 is 10.4 Å². The molecule has 0 unspecified atom stereocenters. The van der Waals surface area contributed by atoms with Crippen LogP contribution in [0.15, 0.2) is 18.2 Å². The maximum absolute atomic E-state index is 11.9. The molecule has 1 aliphatic rings. The largest absolute Gasteiger partial charge is 0.478 e. The smallest absolute Gasteiger partial charge is 0.335 e. The average molecular weight is 275 g/mol. The molecule has 108 valence electrons. The summed E-state index contributed by atoms with van der Waals surface area (Å²) in [6, 6.07) is 4.78. The van der Waals surface area contributed by atoms with Gasteiger partial charge in [-0.15, -0.1) is 0 Å². The van der Waals surface area contributed by atoms with Crippen molar-refractivity contribution in [2.24, 2.45) is 5.92 Å². The summed E-state index contributed by atoms with van der Waals surface area (Å²) >= 11 is 0. The molecule has 4 heteroatoms. The Bertz CT molecular complexity index is 504. The van der Waals surface area contributed by atoms with E-state index in [9.17, 15) is 9.59 Å². The topological polar surface area (TPSA) is 66.4 Å². The summed E-state index contributed by atoms with van der Waals surface area (Å²) in [6.45, 7) is 1.86.